The minimum absolute atomic E-state index is 0.0529. The average Bonchev–Trinajstić information content (AvgIpc) is 3.20. The summed E-state index contributed by atoms with van der Waals surface area (Å²) < 4.78 is 5.36. The fraction of sp³-hybridized carbons (Fsp3) is 0.375. The molecule has 3 rings (SSSR count). The fourth-order valence-corrected chi connectivity index (χ4v) is 3.59. The lowest BCUT2D eigenvalue weighted by Crippen LogP contribution is -2.38. The van der Waals surface area contributed by atoms with Gasteiger partial charge >= 0.3 is 5.97 Å². The van der Waals surface area contributed by atoms with Crippen LogP contribution in [0.2, 0.25) is 0 Å². The maximum absolute atomic E-state index is 12.5. The highest BCUT2D eigenvalue weighted by Gasteiger charge is 2.24. The Morgan fingerprint density at radius 2 is 1.90 bits per heavy atom. The summed E-state index contributed by atoms with van der Waals surface area (Å²) in [4.78, 5) is 38.6. The molecule has 0 aromatic heterocycles. The van der Waals surface area contributed by atoms with Gasteiger partial charge in [-0.15, -0.1) is 0 Å². The van der Waals surface area contributed by atoms with Crippen LogP contribution in [0.1, 0.15) is 54.9 Å². The summed E-state index contributed by atoms with van der Waals surface area (Å²) in [7, 11) is 0. The normalized spacial score (nSPS) is 15.5. The number of nitrogens with zero attached hydrogens (tertiary/aromatic N) is 1. The summed E-state index contributed by atoms with van der Waals surface area (Å²) in [6.45, 7) is 4.76. The molecule has 2 atom stereocenters. The molecular formula is C24H28N2O4. The summed E-state index contributed by atoms with van der Waals surface area (Å²) in [6, 6.07) is 16.8. The van der Waals surface area contributed by atoms with E-state index < -0.39 is 12.1 Å². The van der Waals surface area contributed by atoms with Crippen LogP contribution in [0.15, 0.2) is 54.6 Å². The van der Waals surface area contributed by atoms with Crippen molar-refractivity contribution in [2.75, 3.05) is 18.0 Å². The van der Waals surface area contributed by atoms with Gasteiger partial charge in [-0.05, 0) is 43.5 Å². The van der Waals surface area contributed by atoms with Crippen LogP contribution in [0.3, 0.4) is 0 Å². The molecular weight excluding hydrogens is 380 g/mol. The van der Waals surface area contributed by atoms with Crippen LogP contribution < -0.4 is 10.2 Å². The molecule has 0 unspecified atom stereocenters. The number of hydrogen-bond acceptors (Lipinski definition) is 4. The van der Waals surface area contributed by atoms with Gasteiger partial charge < -0.3 is 15.0 Å². The molecule has 6 nitrogen and oxygen atoms in total. The van der Waals surface area contributed by atoms with Gasteiger partial charge in [-0.2, -0.15) is 0 Å². The van der Waals surface area contributed by atoms with Gasteiger partial charge in [0.25, 0.3) is 5.91 Å². The third kappa shape index (κ3) is 5.26. The van der Waals surface area contributed by atoms with Crippen molar-refractivity contribution in [2.24, 2.45) is 0 Å². The number of nitrogens with one attached hydrogen (secondary N) is 1. The Morgan fingerprint density at radius 1 is 1.13 bits per heavy atom. The Morgan fingerprint density at radius 3 is 2.57 bits per heavy atom. The molecule has 1 saturated heterocycles. The first-order valence-electron chi connectivity index (χ1n) is 10.4. The monoisotopic (exact) mass is 408 g/mol. The lowest BCUT2D eigenvalue weighted by molar-refractivity contribution is -0.129. The van der Waals surface area contributed by atoms with Gasteiger partial charge in [0, 0.05) is 31.1 Å². The van der Waals surface area contributed by atoms with Crippen molar-refractivity contribution in [2.45, 2.75) is 45.1 Å². The molecule has 0 saturated carbocycles. The Kier molecular flexibility index (Phi) is 7.22. The van der Waals surface area contributed by atoms with Crippen LogP contribution in [0.5, 0.6) is 0 Å². The van der Waals surface area contributed by atoms with Crippen LogP contribution in [-0.4, -0.2) is 37.0 Å². The second-order valence-corrected chi connectivity index (χ2v) is 7.51. The van der Waals surface area contributed by atoms with Crippen LogP contribution in [0, 0.1) is 0 Å². The number of carbonyl (C=O) groups is 3. The molecule has 0 radical (unpaired) electrons. The number of anilines is 1. The quantitative estimate of drug-likeness (QED) is 0.676. The standard InChI is InChI=1S/C24H28N2O4/c1-3-18(19-9-5-4-6-10-19)16-25-23(28)17(2)30-24(29)20-11-7-12-21(15-20)26-14-8-13-22(26)27/h4-7,9-12,15,17-18H,3,8,13-14,16H2,1-2H3,(H,25,28)/t17-,18-/m0/s1. The second-order valence-electron chi connectivity index (χ2n) is 7.51. The van der Waals surface area contributed by atoms with E-state index in [1.165, 1.54) is 5.56 Å². The van der Waals surface area contributed by atoms with Crippen molar-refractivity contribution >= 4 is 23.5 Å². The molecule has 1 fully saturated rings. The Labute approximate surface area is 177 Å². The molecule has 158 valence electrons. The van der Waals surface area contributed by atoms with Crippen molar-refractivity contribution < 1.29 is 19.1 Å². The van der Waals surface area contributed by atoms with Crippen LogP contribution in [0.25, 0.3) is 0 Å². The lowest BCUT2D eigenvalue weighted by Gasteiger charge is -2.19. The molecule has 1 aliphatic rings. The molecule has 0 aliphatic carbocycles. The largest absolute Gasteiger partial charge is 0.449 e. The van der Waals surface area contributed by atoms with E-state index in [-0.39, 0.29) is 17.7 Å². The summed E-state index contributed by atoms with van der Waals surface area (Å²) >= 11 is 0. The van der Waals surface area contributed by atoms with Crippen molar-refractivity contribution in [1.29, 1.82) is 0 Å². The minimum Gasteiger partial charge on any atom is -0.449 e. The predicted octanol–water partition coefficient (Wildman–Crippen LogP) is 3.67. The molecule has 2 aromatic carbocycles. The number of amides is 2. The Balaban J connectivity index is 1.56. The summed E-state index contributed by atoms with van der Waals surface area (Å²) in [5, 5.41) is 2.88. The molecule has 30 heavy (non-hydrogen) atoms. The zero-order valence-electron chi connectivity index (χ0n) is 17.5. The number of benzene rings is 2. The first-order valence-corrected chi connectivity index (χ1v) is 10.4. The number of hydrogen-bond donors (Lipinski definition) is 1. The van der Waals surface area contributed by atoms with E-state index in [2.05, 4.69) is 12.2 Å². The van der Waals surface area contributed by atoms with Gasteiger partial charge in [-0.1, -0.05) is 43.3 Å². The van der Waals surface area contributed by atoms with Gasteiger partial charge in [0.2, 0.25) is 5.91 Å². The molecule has 1 N–H and O–H groups in total. The smallest absolute Gasteiger partial charge is 0.338 e. The first-order chi connectivity index (χ1) is 14.5. The lowest BCUT2D eigenvalue weighted by atomic mass is 9.96. The molecule has 0 spiro atoms. The highest BCUT2D eigenvalue weighted by molar-refractivity contribution is 5.98. The van der Waals surface area contributed by atoms with E-state index in [1.54, 1.807) is 36.1 Å². The third-order valence-electron chi connectivity index (χ3n) is 5.41. The first kappa shape index (κ1) is 21.6. The average molecular weight is 408 g/mol. The van der Waals surface area contributed by atoms with Gasteiger partial charge in [-0.25, -0.2) is 4.79 Å². The van der Waals surface area contributed by atoms with Gasteiger partial charge in [0.15, 0.2) is 6.10 Å². The maximum Gasteiger partial charge on any atom is 0.338 e. The number of rotatable bonds is 8. The van der Waals surface area contributed by atoms with E-state index in [1.807, 2.05) is 30.3 Å². The topological polar surface area (TPSA) is 75.7 Å². The SMILES string of the molecule is CC[C@@H](CNC(=O)[C@H](C)OC(=O)c1cccc(N2CCCC2=O)c1)c1ccccc1. The number of esters is 1. The van der Waals surface area contributed by atoms with Gasteiger partial charge in [0.1, 0.15) is 0 Å². The number of carbonyl (C=O) groups excluding carboxylic acids is 3. The van der Waals surface area contributed by atoms with Crippen molar-refractivity contribution in [3.8, 4) is 0 Å². The van der Waals surface area contributed by atoms with Crippen molar-refractivity contribution in [1.82, 2.24) is 5.32 Å². The summed E-state index contributed by atoms with van der Waals surface area (Å²) in [5.41, 5.74) is 2.17. The molecule has 0 bridgehead atoms. The molecule has 2 aromatic rings. The molecule has 1 aliphatic heterocycles. The highest BCUT2D eigenvalue weighted by Crippen LogP contribution is 2.23. The summed E-state index contributed by atoms with van der Waals surface area (Å²) in [6.07, 6.45) is 1.31. The van der Waals surface area contributed by atoms with Crippen LogP contribution >= 0.6 is 0 Å². The molecule has 2 amide bonds. The minimum atomic E-state index is -0.914. The van der Waals surface area contributed by atoms with Gasteiger partial charge in [-0.3, -0.25) is 9.59 Å². The van der Waals surface area contributed by atoms with Crippen molar-refractivity contribution in [3.63, 3.8) is 0 Å². The van der Waals surface area contributed by atoms with Gasteiger partial charge in [0.05, 0.1) is 5.56 Å². The Hall–Kier alpha value is -3.15. The zero-order chi connectivity index (χ0) is 21.5. The predicted molar refractivity (Wildman–Crippen MR) is 115 cm³/mol. The molecule has 6 heteroatoms. The maximum atomic E-state index is 12.5. The highest BCUT2D eigenvalue weighted by atomic mass is 16.5. The van der Waals surface area contributed by atoms with E-state index in [0.29, 0.717) is 30.8 Å². The number of ether oxygens (including phenoxy) is 1. The Bertz CT molecular complexity index is 897. The van der Waals surface area contributed by atoms with E-state index in [4.69, 9.17) is 4.74 Å². The molecule has 1 heterocycles. The zero-order valence-corrected chi connectivity index (χ0v) is 17.5. The van der Waals surface area contributed by atoms with E-state index >= 15 is 0 Å². The van der Waals surface area contributed by atoms with Crippen LogP contribution in [0.4, 0.5) is 5.69 Å². The van der Waals surface area contributed by atoms with E-state index in [0.717, 1.165) is 12.8 Å². The summed E-state index contributed by atoms with van der Waals surface area (Å²) in [5.74, 6) is -0.658. The van der Waals surface area contributed by atoms with E-state index in [9.17, 15) is 14.4 Å². The third-order valence-corrected chi connectivity index (χ3v) is 5.41. The fourth-order valence-electron chi connectivity index (χ4n) is 3.59. The second kappa shape index (κ2) is 10.1. The van der Waals surface area contributed by atoms with Crippen molar-refractivity contribution in [3.05, 3.63) is 65.7 Å². The van der Waals surface area contributed by atoms with Crippen LogP contribution in [-0.2, 0) is 14.3 Å².